The fraction of sp³-hybridized carbons (Fsp3) is 0.231. The van der Waals surface area contributed by atoms with Crippen LogP contribution in [0.1, 0.15) is 26.5 Å². The molecule has 7 nitrogen and oxygen atoms in total. The second-order valence-corrected chi connectivity index (χ2v) is 5.24. The number of nitro groups is 1. The lowest BCUT2D eigenvalue weighted by molar-refractivity contribution is -0.386. The Morgan fingerprint density at radius 2 is 2.24 bits per heavy atom. The summed E-state index contributed by atoms with van der Waals surface area (Å²) < 4.78 is 5.42. The SMILES string of the molecule is Cc1cnc(COc2ccsc2C(=O)O)c(C)c1[N+](=O)[O-]. The van der Waals surface area contributed by atoms with Crippen LogP contribution in [0.4, 0.5) is 5.69 Å². The first-order valence-corrected chi connectivity index (χ1v) is 6.82. The van der Waals surface area contributed by atoms with Gasteiger partial charge in [-0.1, -0.05) is 0 Å². The summed E-state index contributed by atoms with van der Waals surface area (Å²) in [6, 6.07) is 1.55. The maximum Gasteiger partial charge on any atom is 0.349 e. The van der Waals surface area contributed by atoms with Crippen molar-refractivity contribution in [3.8, 4) is 5.75 Å². The Morgan fingerprint density at radius 3 is 2.86 bits per heavy atom. The summed E-state index contributed by atoms with van der Waals surface area (Å²) in [7, 11) is 0. The molecule has 0 aromatic carbocycles. The number of nitrogens with zero attached hydrogens (tertiary/aromatic N) is 2. The van der Waals surface area contributed by atoms with E-state index >= 15 is 0 Å². The Kier molecular flexibility index (Phi) is 4.18. The number of carbonyl (C=O) groups is 1. The predicted molar refractivity (Wildman–Crippen MR) is 76.0 cm³/mol. The van der Waals surface area contributed by atoms with Crippen molar-refractivity contribution in [1.29, 1.82) is 0 Å². The maximum absolute atomic E-state index is 11.0. The molecule has 0 saturated heterocycles. The van der Waals surface area contributed by atoms with E-state index < -0.39 is 10.9 Å². The molecular formula is C13H12N2O5S. The van der Waals surface area contributed by atoms with Crippen molar-refractivity contribution in [2.24, 2.45) is 0 Å². The number of aromatic nitrogens is 1. The molecule has 0 spiro atoms. The van der Waals surface area contributed by atoms with Crippen LogP contribution in [0.2, 0.25) is 0 Å². The molecule has 0 saturated carbocycles. The minimum Gasteiger partial charge on any atom is -0.485 e. The fourth-order valence-corrected chi connectivity index (χ4v) is 2.58. The lowest BCUT2D eigenvalue weighted by atomic mass is 10.1. The van der Waals surface area contributed by atoms with E-state index in [2.05, 4.69) is 4.98 Å². The molecule has 0 aliphatic heterocycles. The molecule has 0 aliphatic rings. The van der Waals surface area contributed by atoms with Crippen LogP contribution in [0.5, 0.6) is 5.75 Å². The molecule has 0 aliphatic carbocycles. The fourth-order valence-electron chi connectivity index (χ4n) is 1.90. The minimum absolute atomic E-state index is 0.00683. The molecule has 110 valence electrons. The number of thiophene rings is 1. The average Bonchev–Trinajstić information content (AvgIpc) is 2.86. The van der Waals surface area contributed by atoms with Gasteiger partial charge in [-0.3, -0.25) is 15.1 Å². The van der Waals surface area contributed by atoms with E-state index in [4.69, 9.17) is 9.84 Å². The van der Waals surface area contributed by atoms with Gasteiger partial charge in [0.05, 0.1) is 16.2 Å². The quantitative estimate of drug-likeness (QED) is 0.673. The van der Waals surface area contributed by atoms with E-state index in [0.717, 1.165) is 11.3 Å². The number of hydrogen-bond donors (Lipinski definition) is 1. The van der Waals surface area contributed by atoms with Crippen LogP contribution in [0.15, 0.2) is 17.6 Å². The van der Waals surface area contributed by atoms with E-state index in [-0.39, 0.29) is 22.9 Å². The highest BCUT2D eigenvalue weighted by atomic mass is 32.1. The summed E-state index contributed by atoms with van der Waals surface area (Å²) in [5.41, 5.74) is 1.32. The Balaban J connectivity index is 2.25. The van der Waals surface area contributed by atoms with Gasteiger partial charge < -0.3 is 9.84 Å². The number of rotatable bonds is 5. The van der Waals surface area contributed by atoms with E-state index in [9.17, 15) is 14.9 Å². The van der Waals surface area contributed by atoms with Gasteiger partial charge in [0.25, 0.3) is 5.69 Å². The molecule has 1 N–H and O–H groups in total. The number of carboxylic acid groups (broad SMARTS) is 1. The third-order valence-corrected chi connectivity index (χ3v) is 3.83. The molecule has 2 rings (SSSR count). The molecule has 0 fully saturated rings. The summed E-state index contributed by atoms with van der Waals surface area (Å²) in [5, 5.41) is 21.6. The van der Waals surface area contributed by atoms with Crippen molar-refractivity contribution in [3.05, 3.63) is 49.5 Å². The second-order valence-electron chi connectivity index (χ2n) is 4.33. The van der Waals surface area contributed by atoms with Gasteiger partial charge in [0, 0.05) is 11.8 Å². The third-order valence-electron chi connectivity index (χ3n) is 2.95. The van der Waals surface area contributed by atoms with Gasteiger partial charge in [-0.15, -0.1) is 11.3 Å². The molecule has 0 bridgehead atoms. The summed E-state index contributed by atoms with van der Waals surface area (Å²) in [5.74, 6) is -0.837. The number of aromatic carboxylic acids is 1. The topological polar surface area (TPSA) is 103 Å². The largest absolute Gasteiger partial charge is 0.485 e. The molecule has 21 heavy (non-hydrogen) atoms. The number of aryl methyl sites for hydroxylation is 1. The van der Waals surface area contributed by atoms with E-state index in [1.165, 1.54) is 6.20 Å². The predicted octanol–water partition coefficient (Wildman–Crippen LogP) is 2.95. The number of carboxylic acids is 1. The first-order valence-electron chi connectivity index (χ1n) is 5.95. The van der Waals surface area contributed by atoms with Crippen LogP contribution in [0.25, 0.3) is 0 Å². The first kappa shape index (κ1) is 14.9. The van der Waals surface area contributed by atoms with Crippen LogP contribution in [0, 0.1) is 24.0 Å². The number of ether oxygens (including phenoxy) is 1. The Morgan fingerprint density at radius 1 is 1.52 bits per heavy atom. The van der Waals surface area contributed by atoms with Gasteiger partial charge in [0.1, 0.15) is 12.4 Å². The third kappa shape index (κ3) is 3.00. The van der Waals surface area contributed by atoms with E-state index in [1.807, 2.05) is 0 Å². The molecule has 8 heteroatoms. The summed E-state index contributed by atoms with van der Waals surface area (Å²) >= 11 is 1.05. The standard InChI is InChI=1S/C13H12N2O5S/c1-7-5-14-9(8(2)11(7)15(18)19)6-20-10-3-4-21-12(10)13(16)17/h3-5H,6H2,1-2H3,(H,16,17). The van der Waals surface area contributed by atoms with Crippen molar-refractivity contribution >= 4 is 23.0 Å². The second kappa shape index (κ2) is 5.88. The van der Waals surface area contributed by atoms with Crippen LogP contribution in [0.3, 0.4) is 0 Å². The van der Waals surface area contributed by atoms with Crippen LogP contribution < -0.4 is 4.74 Å². The lowest BCUT2D eigenvalue weighted by Gasteiger charge is -2.09. The summed E-state index contributed by atoms with van der Waals surface area (Å²) in [6.45, 7) is 3.19. The highest BCUT2D eigenvalue weighted by Crippen LogP contribution is 2.28. The Labute approximate surface area is 124 Å². The zero-order valence-electron chi connectivity index (χ0n) is 11.3. The number of pyridine rings is 1. The van der Waals surface area contributed by atoms with Crippen molar-refractivity contribution < 1.29 is 19.6 Å². The van der Waals surface area contributed by atoms with Crippen molar-refractivity contribution in [3.63, 3.8) is 0 Å². The molecule has 2 aromatic rings. The van der Waals surface area contributed by atoms with Gasteiger partial charge in [0.2, 0.25) is 0 Å². The minimum atomic E-state index is -1.07. The normalized spacial score (nSPS) is 10.4. The Bertz CT molecular complexity index is 711. The van der Waals surface area contributed by atoms with Crippen LogP contribution in [-0.2, 0) is 6.61 Å². The molecule has 2 aromatic heterocycles. The molecule has 0 unspecified atom stereocenters. The van der Waals surface area contributed by atoms with Crippen molar-refractivity contribution in [2.45, 2.75) is 20.5 Å². The van der Waals surface area contributed by atoms with Gasteiger partial charge in [0.15, 0.2) is 4.88 Å². The molecule has 0 radical (unpaired) electrons. The van der Waals surface area contributed by atoms with Crippen LogP contribution in [-0.4, -0.2) is 21.0 Å². The average molecular weight is 308 g/mol. The van der Waals surface area contributed by atoms with E-state index in [1.54, 1.807) is 25.3 Å². The van der Waals surface area contributed by atoms with Gasteiger partial charge >= 0.3 is 5.97 Å². The zero-order valence-corrected chi connectivity index (χ0v) is 12.1. The molecule has 0 amide bonds. The highest BCUT2D eigenvalue weighted by molar-refractivity contribution is 7.12. The monoisotopic (exact) mass is 308 g/mol. The first-order chi connectivity index (χ1) is 9.91. The summed E-state index contributed by atoms with van der Waals surface area (Å²) in [6.07, 6.45) is 1.41. The molecule has 2 heterocycles. The zero-order chi connectivity index (χ0) is 15.6. The molecule has 0 atom stereocenters. The molecular weight excluding hydrogens is 296 g/mol. The van der Waals surface area contributed by atoms with Crippen LogP contribution >= 0.6 is 11.3 Å². The van der Waals surface area contributed by atoms with Crippen molar-refractivity contribution in [1.82, 2.24) is 4.98 Å². The van der Waals surface area contributed by atoms with Gasteiger partial charge in [-0.25, -0.2) is 4.79 Å². The van der Waals surface area contributed by atoms with Gasteiger partial charge in [-0.05, 0) is 25.3 Å². The maximum atomic E-state index is 11.0. The van der Waals surface area contributed by atoms with Crippen molar-refractivity contribution in [2.75, 3.05) is 0 Å². The highest BCUT2D eigenvalue weighted by Gasteiger charge is 2.20. The lowest BCUT2D eigenvalue weighted by Crippen LogP contribution is -2.06. The smallest absolute Gasteiger partial charge is 0.349 e. The van der Waals surface area contributed by atoms with E-state index in [0.29, 0.717) is 16.8 Å². The van der Waals surface area contributed by atoms with Gasteiger partial charge in [-0.2, -0.15) is 0 Å². The summed E-state index contributed by atoms with van der Waals surface area (Å²) in [4.78, 5) is 25.8. The number of hydrogen-bond acceptors (Lipinski definition) is 6. The Hall–Kier alpha value is -2.48.